The molecule has 35 heavy (non-hydrogen) atoms. The van der Waals surface area contributed by atoms with E-state index in [9.17, 15) is 4.79 Å². The number of piperidine rings is 1. The minimum absolute atomic E-state index is 0.0719. The minimum atomic E-state index is -0.108. The van der Waals surface area contributed by atoms with Crippen LogP contribution < -0.4 is 10.6 Å². The Hall–Kier alpha value is -3.79. The summed E-state index contributed by atoms with van der Waals surface area (Å²) in [7, 11) is 0. The zero-order valence-corrected chi connectivity index (χ0v) is 19.8. The van der Waals surface area contributed by atoms with Crippen LogP contribution >= 0.6 is 0 Å². The number of nitrogens with zero attached hydrogens (tertiary/aromatic N) is 7. The van der Waals surface area contributed by atoms with E-state index in [1.807, 2.05) is 39.9 Å². The Morgan fingerprint density at radius 1 is 1.14 bits per heavy atom. The van der Waals surface area contributed by atoms with E-state index in [1.54, 1.807) is 12.3 Å². The summed E-state index contributed by atoms with van der Waals surface area (Å²) in [5, 5.41) is 12.1. The van der Waals surface area contributed by atoms with Crippen LogP contribution in [0.25, 0.3) is 17.0 Å². The van der Waals surface area contributed by atoms with Gasteiger partial charge in [0.2, 0.25) is 0 Å². The molecule has 2 aliphatic heterocycles. The Morgan fingerprint density at radius 2 is 2.06 bits per heavy atom. The predicted molar refractivity (Wildman–Crippen MR) is 132 cm³/mol. The molecule has 1 amide bonds. The summed E-state index contributed by atoms with van der Waals surface area (Å²) in [5.74, 6) is 0.894. The summed E-state index contributed by atoms with van der Waals surface area (Å²) >= 11 is 0. The Bertz CT molecular complexity index is 1360. The number of nitrogens with two attached hydrogens (primary N) is 1. The van der Waals surface area contributed by atoms with Crippen LogP contribution in [0.1, 0.15) is 53.5 Å². The first kappa shape index (κ1) is 21.7. The standard InChI is InChI=1S/C25H29N9O/c1-16-14-34-23(28-24(16)32-11-8-17(26)15-32)13-20(31-34)22-7-3-5-10-33(22)25(35)21-12-19(29-30-21)18-6-2-4-9-27-18/h2,4,6,9,12-14,17,22H,3,5,7-8,10-11,15,26H2,1H3,(H,29,30)/t17-,22-/m0/s1. The highest BCUT2D eigenvalue weighted by Crippen LogP contribution is 2.33. The van der Waals surface area contributed by atoms with Crippen LogP contribution in [0.15, 0.2) is 42.7 Å². The maximum absolute atomic E-state index is 13.5. The molecule has 4 aromatic heterocycles. The lowest BCUT2D eigenvalue weighted by molar-refractivity contribution is 0.0599. The van der Waals surface area contributed by atoms with E-state index in [4.69, 9.17) is 15.8 Å². The van der Waals surface area contributed by atoms with Gasteiger partial charge in [-0.3, -0.25) is 14.9 Å². The minimum Gasteiger partial charge on any atom is -0.355 e. The van der Waals surface area contributed by atoms with Crippen LogP contribution in [-0.2, 0) is 0 Å². The molecule has 6 rings (SSSR count). The van der Waals surface area contributed by atoms with E-state index in [1.165, 1.54) is 0 Å². The summed E-state index contributed by atoms with van der Waals surface area (Å²) in [5.41, 5.74) is 10.7. The number of H-pyrrole nitrogens is 1. The van der Waals surface area contributed by atoms with Crippen molar-refractivity contribution in [1.29, 1.82) is 0 Å². The van der Waals surface area contributed by atoms with Gasteiger partial charge in [0.25, 0.3) is 5.91 Å². The quantitative estimate of drug-likeness (QED) is 0.469. The Balaban J connectivity index is 1.29. The molecular formula is C25H29N9O. The number of aromatic amines is 1. The first-order valence-corrected chi connectivity index (χ1v) is 12.2. The number of nitrogens with one attached hydrogen (secondary N) is 1. The third-order valence-electron chi connectivity index (χ3n) is 6.99. The van der Waals surface area contributed by atoms with Crippen molar-refractivity contribution in [2.24, 2.45) is 5.73 Å². The van der Waals surface area contributed by atoms with Gasteiger partial charge in [0.1, 0.15) is 17.2 Å². The molecule has 6 heterocycles. The number of amides is 1. The molecule has 0 aromatic carbocycles. The number of likely N-dealkylation sites (tertiary alicyclic amines) is 1. The highest BCUT2D eigenvalue weighted by Gasteiger charge is 2.32. The number of pyridine rings is 1. The van der Waals surface area contributed by atoms with Crippen molar-refractivity contribution < 1.29 is 4.79 Å². The van der Waals surface area contributed by atoms with Crippen LogP contribution in [0, 0.1) is 6.92 Å². The highest BCUT2D eigenvalue weighted by molar-refractivity contribution is 5.93. The second-order valence-corrected chi connectivity index (χ2v) is 9.51. The summed E-state index contributed by atoms with van der Waals surface area (Å²) in [6.07, 6.45) is 7.60. The van der Waals surface area contributed by atoms with Crippen LogP contribution in [0.4, 0.5) is 5.82 Å². The number of anilines is 1. The molecule has 2 aliphatic rings. The summed E-state index contributed by atoms with van der Waals surface area (Å²) < 4.78 is 1.83. The van der Waals surface area contributed by atoms with E-state index in [-0.39, 0.29) is 18.0 Å². The second kappa shape index (κ2) is 8.77. The SMILES string of the molecule is Cc1cn2nc([C@@H]3CCCCN3C(=O)c3cc(-c4ccccn4)n[nH]3)cc2nc1N1CC[C@H](N)C1. The topological polar surface area (TPSA) is 121 Å². The van der Waals surface area contributed by atoms with Crippen molar-refractivity contribution in [2.45, 2.75) is 44.7 Å². The fourth-order valence-corrected chi connectivity index (χ4v) is 5.20. The van der Waals surface area contributed by atoms with E-state index < -0.39 is 0 Å². The van der Waals surface area contributed by atoms with Crippen molar-refractivity contribution in [3.05, 3.63) is 59.7 Å². The molecule has 0 radical (unpaired) electrons. The number of aryl methyl sites for hydroxylation is 1. The molecule has 2 fully saturated rings. The molecule has 180 valence electrons. The normalized spacial score (nSPS) is 20.6. The third-order valence-corrected chi connectivity index (χ3v) is 6.99. The number of fused-ring (bicyclic) bond motifs is 1. The molecule has 0 spiro atoms. The smallest absolute Gasteiger partial charge is 0.272 e. The Labute approximate surface area is 203 Å². The number of rotatable bonds is 4. The summed E-state index contributed by atoms with van der Waals surface area (Å²) in [6.45, 7) is 4.47. The van der Waals surface area contributed by atoms with Crippen LogP contribution in [0.3, 0.4) is 0 Å². The van der Waals surface area contributed by atoms with Gasteiger partial charge in [0.15, 0.2) is 5.65 Å². The third kappa shape index (κ3) is 4.03. The number of carbonyl (C=O) groups excluding carboxylic acids is 1. The van der Waals surface area contributed by atoms with E-state index in [0.717, 1.165) is 67.2 Å². The van der Waals surface area contributed by atoms with E-state index in [2.05, 4.69) is 27.0 Å². The molecule has 0 saturated carbocycles. The van der Waals surface area contributed by atoms with Crippen LogP contribution in [0.5, 0.6) is 0 Å². The largest absolute Gasteiger partial charge is 0.355 e. The van der Waals surface area contributed by atoms with Crippen LogP contribution in [0.2, 0.25) is 0 Å². The summed E-state index contributed by atoms with van der Waals surface area (Å²) in [6, 6.07) is 9.51. The van der Waals surface area contributed by atoms with Gasteiger partial charge in [-0.25, -0.2) is 9.50 Å². The van der Waals surface area contributed by atoms with Gasteiger partial charge in [-0.1, -0.05) is 6.07 Å². The molecule has 0 unspecified atom stereocenters. The van der Waals surface area contributed by atoms with Gasteiger partial charge in [0, 0.05) is 49.7 Å². The lowest BCUT2D eigenvalue weighted by atomic mass is 9.99. The van der Waals surface area contributed by atoms with E-state index in [0.29, 0.717) is 17.9 Å². The molecule has 0 bridgehead atoms. The average Bonchev–Trinajstić information content (AvgIpc) is 3.63. The van der Waals surface area contributed by atoms with Crippen molar-refractivity contribution in [3.63, 3.8) is 0 Å². The molecule has 2 saturated heterocycles. The molecule has 0 aliphatic carbocycles. The number of hydrogen-bond donors (Lipinski definition) is 2. The molecule has 4 aromatic rings. The maximum atomic E-state index is 13.5. The van der Waals surface area contributed by atoms with Gasteiger partial charge >= 0.3 is 0 Å². The first-order valence-electron chi connectivity index (χ1n) is 12.2. The predicted octanol–water partition coefficient (Wildman–Crippen LogP) is 2.73. The summed E-state index contributed by atoms with van der Waals surface area (Å²) in [4.78, 5) is 26.9. The zero-order valence-electron chi connectivity index (χ0n) is 19.8. The van der Waals surface area contributed by atoms with Gasteiger partial charge in [0.05, 0.1) is 17.4 Å². The fraction of sp³-hybridized carbons (Fsp3) is 0.400. The van der Waals surface area contributed by atoms with Crippen LogP contribution in [-0.4, -0.2) is 66.3 Å². The van der Waals surface area contributed by atoms with Crippen molar-refractivity contribution >= 4 is 17.4 Å². The number of carbonyl (C=O) groups is 1. The van der Waals surface area contributed by atoms with Crippen molar-refractivity contribution in [1.82, 2.24) is 34.7 Å². The lowest BCUT2D eigenvalue weighted by Crippen LogP contribution is -2.38. The fourth-order valence-electron chi connectivity index (χ4n) is 5.20. The van der Waals surface area contributed by atoms with Crippen molar-refractivity contribution in [2.75, 3.05) is 24.5 Å². The Morgan fingerprint density at radius 3 is 2.86 bits per heavy atom. The number of hydrogen-bond acceptors (Lipinski definition) is 7. The van der Waals surface area contributed by atoms with Crippen molar-refractivity contribution in [3.8, 4) is 11.4 Å². The molecule has 2 atom stereocenters. The molecule has 10 heteroatoms. The lowest BCUT2D eigenvalue weighted by Gasteiger charge is -2.34. The number of aromatic nitrogens is 6. The average molecular weight is 472 g/mol. The van der Waals surface area contributed by atoms with Gasteiger partial charge in [-0.15, -0.1) is 0 Å². The second-order valence-electron chi connectivity index (χ2n) is 9.51. The first-order chi connectivity index (χ1) is 17.1. The molecule has 3 N–H and O–H groups in total. The van der Waals surface area contributed by atoms with Gasteiger partial charge in [-0.2, -0.15) is 10.2 Å². The molecule has 10 nitrogen and oxygen atoms in total. The van der Waals surface area contributed by atoms with Gasteiger partial charge in [-0.05, 0) is 50.8 Å². The Kier molecular flexibility index (Phi) is 5.44. The zero-order chi connectivity index (χ0) is 23.9. The maximum Gasteiger partial charge on any atom is 0.272 e. The highest BCUT2D eigenvalue weighted by atomic mass is 16.2. The monoisotopic (exact) mass is 471 g/mol. The van der Waals surface area contributed by atoms with E-state index >= 15 is 0 Å². The molecular weight excluding hydrogens is 442 g/mol. The van der Waals surface area contributed by atoms with Gasteiger partial charge < -0.3 is 15.5 Å².